The van der Waals surface area contributed by atoms with E-state index in [0.29, 0.717) is 11.4 Å². The molecule has 0 saturated carbocycles. The van der Waals surface area contributed by atoms with Crippen LogP contribution in [-0.2, 0) is 0 Å². The fourth-order valence-electron chi connectivity index (χ4n) is 3.51. The zero-order valence-corrected chi connectivity index (χ0v) is 14.6. The Kier molecular flexibility index (Phi) is 6.84. The molecule has 2 unspecified atom stereocenters. The van der Waals surface area contributed by atoms with E-state index in [0.717, 1.165) is 24.8 Å². The number of amides is 1. The summed E-state index contributed by atoms with van der Waals surface area (Å²) in [5, 5.41) is 5.94. The second-order valence-corrected chi connectivity index (χ2v) is 6.82. The first-order chi connectivity index (χ1) is 11.1. The smallest absolute Gasteiger partial charge is 0.254 e. The molecule has 1 aliphatic heterocycles. The van der Waals surface area contributed by atoms with Crippen LogP contribution in [0.25, 0.3) is 0 Å². The Morgan fingerprint density at radius 3 is 2.74 bits per heavy atom. The molecule has 0 aromatic carbocycles. The van der Waals surface area contributed by atoms with Crippen molar-refractivity contribution in [2.45, 2.75) is 33.1 Å². The molecule has 0 aliphatic carbocycles. The molecule has 1 aromatic heterocycles. The first kappa shape index (κ1) is 17.7. The quantitative estimate of drug-likeness (QED) is 0.759. The van der Waals surface area contributed by atoms with Gasteiger partial charge in [0.05, 0.1) is 5.56 Å². The second kappa shape index (κ2) is 8.87. The molecule has 2 atom stereocenters. The van der Waals surface area contributed by atoms with Gasteiger partial charge in [0.1, 0.15) is 5.82 Å². The van der Waals surface area contributed by atoms with Crippen LogP contribution in [0.1, 0.15) is 43.5 Å². The normalized spacial score (nSPS) is 21.9. The summed E-state index contributed by atoms with van der Waals surface area (Å²) >= 11 is 0. The molecule has 1 amide bonds. The molecule has 2 heterocycles. The number of hydrogen-bond acceptors (Lipinski definition) is 4. The van der Waals surface area contributed by atoms with Gasteiger partial charge in [-0.1, -0.05) is 13.8 Å². The topological polar surface area (TPSA) is 57.3 Å². The van der Waals surface area contributed by atoms with Crippen LogP contribution >= 0.6 is 0 Å². The van der Waals surface area contributed by atoms with Crippen LogP contribution in [0.4, 0.5) is 5.82 Å². The van der Waals surface area contributed by atoms with Gasteiger partial charge in [-0.25, -0.2) is 4.98 Å². The Morgan fingerprint density at radius 1 is 1.30 bits per heavy atom. The van der Waals surface area contributed by atoms with E-state index < -0.39 is 0 Å². The van der Waals surface area contributed by atoms with E-state index in [9.17, 15) is 4.79 Å². The molecule has 5 heteroatoms. The number of anilines is 1. The van der Waals surface area contributed by atoms with E-state index in [4.69, 9.17) is 0 Å². The molecule has 1 saturated heterocycles. The summed E-state index contributed by atoms with van der Waals surface area (Å²) in [5.74, 6) is 2.21. The van der Waals surface area contributed by atoms with Crippen LogP contribution < -0.4 is 10.6 Å². The number of nitrogens with one attached hydrogen (secondary N) is 2. The van der Waals surface area contributed by atoms with Crippen molar-refractivity contribution in [2.75, 3.05) is 38.5 Å². The molecular weight excluding hydrogens is 288 g/mol. The van der Waals surface area contributed by atoms with Gasteiger partial charge >= 0.3 is 0 Å². The molecule has 128 valence electrons. The van der Waals surface area contributed by atoms with Crippen molar-refractivity contribution in [1.29, 1.82) is 0 Å². The molecule has 1 aromatic rings. The molecule has 0 radical (unpaired) electrons. The Labute approximate surface area is 139 Å². The zero-order chi connectivity index (χ0) is 16.7. The van der Waals surface area contributed by atoms with E-state index in [2.05, 4.69) is 34.4 Å². The monoisotopic (exact) mass is 318 g/mol. The molecule has 1 aliphatic rings. The largest absolute Gasteiger partial charge is 0.369 e. The van der Waals surface area contributed by atoms with Crippen LogP contribution in [0.2, 0.25) is 0 Å². The maximum Gasteiger partial charge on any atom is 0.254 e. The van der Waals surface area contributed by atoms with Crippen LogP contribution in [0.3, 0.4) is 0 Å². The highest BCUT2D eigenvalue weighted by Crippen LogP contribution is 2.21. The number of piperidine rings is 1. The van der Waals surface area contributed by atoms with Gasteiger partial charge in [0.2, 0.25) is 0 Å². The van der Waals surface area contributed by atoms with Gasteiger partial charge in [0.25, 0.3) is 5.91 Å². The van der Waals surface area contributed by atoms with Crippen molar-refractivity contribution in [3.63, 3.8) is 0 Å². The molecule has 1 fully saturated rings. The highest BCUT2D eigenvalue weighted by atomic mass is 16.1. The number of likely N-dealkylation sites (tertiary alicyclic amines) is 1. The minimum Gasteiger partial charge on any atom is -0.369 e. The molecule has 0 spiro atoms. The molecule has 0 bridgehead atoms. The van der Waals surface area contributed by atoms with Crippen molar-refractivity contribution < 1.29 is 4.79 Å². The van der Waals surface area contributed by atoms with Crippen molar-refractivity contribution in [3.05, 3.63) is 23.9 Å². The lowest BCUT2D eigenvalue weighted by molar-refractivity contribution is 0.0963. The zero-order valence-electron chi connectivity index (χ0n) is 14.6. The van der Waals surface area contributed by atoms with Crippen molar-refractivity contribution in [1.82, 2.24) is 15.2 Å². The van der Waals surface area contributed by atoms with E-state index in [1.165, 1.54) is 32.5 Å². The predicted octanol–water partition coefficient (Wildman–Crippen LogP) is 2.61. The number of carbonyl (C=O) groups is 1. The Hall–Kier alpha value is -1.62. The lowest BCUT2D eigenvalue weighted by Crippen LogP contribution is -2.39. The van der Waals surface area contributed by atoms with E-state index >= 15 is 0 Å². The summed E-state index contributed by atoms with van der Waals surface area (Å²) in [6.07, 6.45) is 5.34. The first-order valence-corrected chi connectivity index (χ1v) is 8.73. The van der Waals surface area contributed by atoms with E-state index in [-0.39, 0.29) is 5.91 Å². The van der Waals surface area contributed by atoms with Gasteiger partial charge in [-0.05, 0) is 49.8 Å². The van der Waals surface area contributed by atoms with Gasteiger partial charge in [0.15, 0.2) is 0 Å². The van der Waals surface area contributed by atoms with Crippen molar-refractivity contribution in [2.24, 2.45) is 11.8 Å². The summed E-state index contributed by atoms with van der Waals surface area (Å²) in [7, 11) is 1.64. The summed E-state index contributed by atoms with van der Waals surface area (Å²) in [5.41, 5.74) is 0.605. The predicted molar refractivity (Wildman–Crippen MR) is 94.7 cm³/mol. The fraction of sp³-hybridized carbons (Fsp3) is 0.667. The highest BCUT2D eigenvalue weighted by molar-refractivity contribution is 5.98. The number of rotatable bonds is 7. The lowest BCUT2D eigenvalue weighted by atomic mass is 9.92. The summed E-state index contributed by atoms with van der Waals surface area (Å²) in [6.45, 7) is 9.19. The van der Waals surface area contributed by atoms with Gasteiger partial charge < -0.3 is 15.5 Å². The number of aromatic nitrogens is 1. The van der Waals surface area contributed by atoms with Crippen LogP contribution in [0.15, 0.2) is 18.3 Å². The van der Waals surface area contributed by atoms with Crippen molar-refractivity contribution >= 4 is 11.7 Å². The van der Waals surface area contributed by atoms with Crippen LogP contribution in [0, 0.1) is 11.8 Å². The molecule has 23 heavy (non-hydrogen) atoms. The van der Waals surface area contributed by atoms with E-state index in [1.807, 2.05) is 0 Å². The standard InChI is InChI=1S/C18H30N4O/c1-14-11-15(2)13-22(12-14)10-5-4-8-20-17-16(18(23)19-3)7-6-9-21-17/h6-7,9,14-15H,4-5,8,10-13H2,1-3H3,(H,19,23)(H,20,21). The number of nitrogens with zero attached hydrogens (tertiary/aromatic N) is 2. The highest BCUT2D eigenvalue weighted by Gasteiger charge is 2.20. The summed E-state index contributed by atoms with van der Waals surface area (Å²) in [4.78, 5) is 18.7. The van der Waals surface area contributed by atoms with Gasteiger partial charge in [-0.3, -0.25) is 4.79 Å². The molecule has 5 nitrogen and oxygen atoms in total. The number of carbonyl (C=O) groups excluding carboxylic acids is 1. The average Bonchev–Trinajstić information content (AvgIpc) is 2.53. The lowest BCUT2D eigenvalue weighted by Gasteiger charge is -2.34. The summed E-state index contributed by atoms with van der Waals surface area (Å²) < 4.78 is 0. The maximum atomic E-state index is 11.8. The molecular formula is C18H30N4O. The third-order valence-electron chi connectivity index (χ3n) is 4.42. The third-order valence-corrected chi connectivity index (χ3v) is 4.42. The van der Waals surface area contributed by atoms with Crippen LogP contribution in [-0.4, -0.2) is 49.0 Å². The SMILES string of the molecule is CNC(=O)c1cccnc1NCCCCN1CC(C)CC(C)C1. The second-order valence-electron chi connectivity index (χ2n) is 6.82. The van der Waals surface area contributed by atoms with Gasteiger partial charge in [0, 0.05) is 32.9 Å². The third kappa shape index (κ3) is 5.50. The molecule has 2 N–H and O–H groups in total. The maximum absolute atomic E-state index is 11.8. The summed E-state index contributed by atoms with van der Waals surface area (Å²) in [6, 6.07) is 3.58. The van der Waals surface area contributed by atoms with E-state index in [1.54, 1.807) is 25.4 Å². The Morgan fingerprint density at radius 2 is 2.04 bits per heavy atom. The van der Waals surface area contributed by atoms with Gasteiger partial charge in [-0.15, -0.1) is 0 Å². The minimum absolute atomic E-state index is 0.100. The average molecular weight is 318 g/mol. The number of unbranched alkanes of at least 4 members (excludes halogenated alkanes) is 1. The first-order valence-electron chi connectivity index (χ1n) is 8.73. The molecule has 2 rings (SSSR count). The number of pyridine rings is 1. The van der Waals surface area contributed by atoms with Crippen molar-refractivity contribution in [3.8, 4) is 0 Å². The Balaban J connectivity index is 1.71. The Bertz CT molecular complexity index is 496. The minimum atomic E-state index is -0.100. The number of hydrogen-bond donors (Lipinski definition) is 2. The van der Waals surface area contributed by atoms with Gasteiger partial charge in [-0.2, -0.15) is 0 Å². The van der Waals surface area contributed by atoms with Crippen LogP contribution in [0.5, 0.6) is 0 Å². The fourth-order valence-corrected chi connectivity index (χ4v) is 3.51.